The van der Waals surface area contributed by atoms with Crippen LogP contribution in [0.15, 0.2) is 24.5 Å². The van der Waals surface area contributed by atoms with Gasteiger partial charge in [0.15, 0.2) is 0 Å². The van der Waals surface area contributed by atoms with Crippen molar-refractivity contribution in [3.05, 3.63) is 30.1 Å². The Morgan fingerprint density at radius 2 is 2.12 bits per heavy atom. The Kier molecular flexibility index (Phi) is 8.96. The number of hydrogen-bond acceptors (Lipinski definition) is 4. The van der Waals surface area contributed by atoms with E-state index < -0.39 is 0 Å². The average Bonchev–Trinajstić information content (AvgIpc) is 2.31. The van der Waals surface area contributed by atoms with Crippen molar-refractivity contribution in [2.45, 2.75) is 39.7 Å². The van der Waals surface area contributed by atoms with Crippen LogP contribution in [0, 0.1) is 0 Å². The van der Waals surface area contributed by atoms with Crippen LogP contribution < -0.4 is 5.73 Å². The summed E-state index contributed by atoms with van der Waals surface area (Å²) in [5, 5.41) is 0. The molecule has 17 heavy (non-hydrogen) atoms. The molecule has 4 nitrogen and oxygen atoms in total. The highest BCUT2D eigenvalue weighted by Crippen LogP contribution is 2.12. The normalized spacial score (nSPS) is 11.1. The standard InChI is InChI=1S/C10H14N2O2.C3H8/c1-2-14-10(13)6-9(11)8-4-3-5-12-7-8;1-3-2/h3-5,7,9H,2,6,11H2,1H3;3H2,1-2H3. The molecule has 96 valence electrons. The molecule has 1 rings (SSSR count). The van der Waals surface area contributed by atoms with Gasteiger partial charge in [-0.2, -0.15) is 0 Å². The first-order valence-electron chi connectivity index (χ1n) is 5.96. The topological polar surface area (TPSA) is 65.2 Å². The maximum Gasteiger partial charge on any atom is 0.307 e. The van der Waals surface area contributed by atoms with Crippen molar-refractivity contribution >= 4 is 5.97 Å². The molecule has 2 N–H and O–H groups in total. The highest BCUT2D eigenvalue weighted by Gasteiger charge is 2.11. The van der Waals surface area contributed by atoms with E-state index in [1.165, 1.54) is 6.42 Å². The van der Waals surface area contributed by atoms with E-state index >= 15 is 0 Å². The number of esters is 1. The van der Waals surface area contributed by atoms with Gasteiger partial charge in [0.05, 0.1) is 13.0 Å². The van der Waals surface area contributed by atoms with Crippen molar-refractivity contribution in [1.82, 2.24) is 4.98 Å². The van der Waals surface area contributed by atoms with E-state index in [0.29, 0.717) is 6.61 Å². The van der Waals surface area contributed by atoms with Crippen molar-refractivity contribution in [1.29, 1.82) is 0 Å². The second kappa shape index (κ2) is 9.78. The number of nitrogens with zero attached hydrogens (tertiary/aromatic N) is 1. The summed E-state index contributed by atoms with van der Waals surface area (Å²) in [6, 6.07) is 3.31. The van der Waals surface area contributed by atoms with E-state index in [4.69, 9.17) is 10.5 Å². The summed E-state index contributed by atoms with van der Waals surface area (Å²) >= 11 is 0. The lowest BCUT2D eigenvalue weighted by Crippen LogP contribution is -2.17. The van der Waals surface area contributed by atoms with Crippen molar-refractivity contribution in [3.8, 4) is 0 Å². The number of hydrogen-bond donors (Lipinski definition) is 1. The Bertz CT molecular complexity index is 302. The quantitative estimate of drug-likeness (QED) is 0.818. The Labute approximate surface area is 103 Å². The van der Waals surface area contributed by atoms with Gasteiger partial charge in [0.1, 0.15) is 0 Å². The number of ether oxygens (including phenoxy) is 1. The van der Waals surface area contributed by atoms with Crippen LogP contribution in [0.3, 0.4) is 0 Å². The van der Waals surface area contributed by atoms with Crippen molar-refractivity contribution < 1.29 is 9.53 Å². The average molecular weight is 238 g/mol. The zero-order valence-corrected chi connectivity index (χ0v) is 10.8. The molecule has 1 heterocycles. The van der Waals surface area contributed by atoms with Gasteiger partial charge in [-0.05, 0) is 18.6 Å². The first kappa shape index (κ1) is 15.6. The summed E-state index contributed by atoms with van der Waals surface area (Å²) in [4.78, 5) is 15.0. The molecule has 0 radical (unpaired) electrons. The van der Waals surface area contributed by atoms with Gasteiger partial charge < -0.3 is 10.5 Å². The minimum absolute atomic E-state index is 0.194. The van der Waals surface area contributed by atoms with Crippen LogP contribution >= 0.6 is 0 Å². The molecule has 0 aliphatic carbocycles. The number of nitrogens with two attached hydrogens (primary N) is 1. The second-order valence-corrected chi connectivity index (χ2v) is 3.61. The fraction of sp³-hybridized carbons (Fsp3) is 0.538. The SMILES string of the molecule is CCC.CCOC(=O)CC(N)c1cccnc1. The monoisotopic (exact) mass is 238 g/mol. The predicted molar refractivity (Wildman–Crippen MR) is 68.4 cm³/mol. The molecule has 1 unspecified atom stereocenters. The first-order valence-corrected chi connectivity index (χ1v) is 5.96. The summed E-state index contributed by atoms with van der Waals surface area (Å²) < 4.78 is 4.79. The minimum atomic E-state index is -0.331. The van der Waals surface area contributed by atoms with Gasteiger partial charge in [-0.15, -0.1) is 0 Å². The summed E-state index contributed by atoms with van der Waals surface area (Å²) in [7, 11) is 0. The van der Waals surface area contributed by atoms with Gasteiger partial charge in [0.25, 0.3) is 0 Å². The molecule has 0 amide bonds. The Hall–Kier alpha value is -1.42. The maximum absolute atomic E-state index is 11.1. The first-order chi connectivity index (χ1) is 8.15. The zero-order chi connectivity index (χ0) is 13.1. The Morgan fingerprint density at radius 3 is 2.59 bits per heavy atom. The van der Waals surface area contributed by atoms with E-state index in [0.717, 1.165) is 5.56 Å². The molecule has 0 aromatic carbocycles. The van der Waals surface area contributed by atoms with Crippen LogP contribution in [0.4, 0.5) is 0 Å². The lowest BCUT2D eigenvalue weighted by atomic mass is 10.1. The zero-order valence-electron chi connectivity index (χ0n) is 10.8. The third-order valence-corrected chi connectivity index (χ3v) is 1.80. The lowest BCUT2D eigenvalue weighted by molar-refractivity contribution is -0.143. The summed E-state index contributed by atoms with van der Waals surface area (Å²) in [6.07, 6.45) is 4.77. The van der Waals surface area contributed by atoms with Gasteiger partial charge in [0.2, 0.25) is 0 Å². The molecule has 0 saturated carbocycles. The fourth-order valence-corrected chi connectivity index (χ4v) is 1.11. The van der Waals surface area contributed by atoms with Gasteiger partial charge in [-0.3, -0.25) is 9.78 Å². The highest BCUT2D eigenvalue weighted by molar-refractivity contribution is 5.70. The van der Waals surface area contributed by atoms with E-state index in [9.17, 15) is 4.79 Å². The fourth-order valence-electron chi connectivity index (χ4n) is 1.11. The van der Waals surface area contributed by atoms with Crippen LogP contribution in [0.2, 0.25) is 0 Å². The molecule has 1 aromatic heterocycles. The summed E-state index contributed by atoms with van der Waals surface area (Å²) in [6.45, 7) is 6.41. The third-order valence-electron chi connectivity index (χ3n) is 1.80. The van der Waals surface area contributed by atoms with Crippen LogP contribution in [0.25, 0.3) is 0 Å². The molecular weight excluding hydrogens is 216 g/mol. The number of rotatable bonds is 4. The molecule has 0 aliphatic heterocycles. The minimum Gasteiger partial charge on any atom is -0.466 e. The molecule has 0 bridgehead atoms. The number of carbonyl (C=O) groups excluding carboxylic acids is 1. The van der Waals surface area contributed by atoms with Crippen molar-refractivity contribution in [3.63, 3.8) is 0 Å². The number of pyridine rings is 1. The van der Waals surface area contributed by atoms with Crippen LogP contribution in [0.5, 0.6) is 0 Å². The molecule has 0 saturated heterocycles. The summed E-state index contributed by atoms with van der Waals surface area (Å²) in [5.74, 6) is -0.274. The Morgan fingerprint density at radius 1 is 1.47 bits per heavy atom. The molecule has 0 fully saturated rings. The second-order valence-electron chi connectivity index (χ2n) is 3.61. The molecule has 0 spiro atoms. The van der Waals surface area contributed by atoms with Crippen molar-refractivity contribution in [2.24, 2.45) is 5.73 Å². The summed E-state index contributed by atoms with van der Waals surface area (Å²) in [5.41, 5.74) is 6.63. The van der Waals surface area contributed by atoms with Gasteiger partial charge >= 0.3 is 5.97 Å². The van der Waals surface area contributed by atoms with Crippen molar-refractivity contribution in [2.75, 3.05) is 6.61 Å². The maximum atomic E-state index is 11.1. The lowest BCUT2D eigenvalue weighted by Gasteiger charge is -2.09. The van der Waals surface area contributed by atoms with Gasteiger partial charge in [0, 0.05) is 18.4 Å². The van der Waals surface area contributed by atoms with Gasteiger partial charge in [-0.25, -0.2) is 0 Å². The van der Waals surface area contributed by atoms with E-state index in [1.807, 2.05) is 6.07 Å². The van der Waals surface area contributed by atoms with Crippen LogP contribution in [0.1, 0.15) is 45.2 Å². The van der Waals surface area contributed by atoms with E-state index in [1.54, 1.807) is 25.4 Å². The molecule has 1 aromatic rings. The highest BCUT2D eigenvalue weighted by atomic mass is 16.5. The van der Waals surface area contributed by atoms with E-state index in [2.05, 4.69) is 18.8 Å². The number of carbonyl (C=O) groups is 1. The molecule has 1 atom stereocenters. The molecule has 4 heteroatoms. The molecule has 0 aliphatic rings. The smallest absolute Gasteiger partial charge is 0.307 e. The number of aromatic nitrogens is 1. The van der Waals surface area contributed by atoms with E-state index in [-0.39, 0.29) is 18.4 Å². The van der Waals surface area contributed by atoms with Crippen LogP contribution in [-0.4, -0.2) is 17.6 Å². The van der Waals surface area contributed by atoms with Crippen LogP contribution in [-0.2, 0) is 9.53 Å². The van der Waals surface area contributed by atoms with Gasteiger partial charge in [-0.1, -0.05) is 26.3 Å². The largest absolute Gasteiger partial charge is 0.466 e. The Balaban J connectivity index is 0.000000770. The molecular formula is C13H22N2O2. The predicted octanol–water partition coefficient (Wildman–Crippen LogP) is 2.45. The third kappa shape index (κ3) is 7.47.